The van der Waals surface area contributed by atoms with Crippen LogP contribution in [0.15, 0.2) is 23.8 Å². The van der Waals surface area contributed by atoms with Gasteiger partial charge in [0.15, 0.2) is 0 Å². The number of rotatable bonds is 2. The molecule has 4 N–H and O–H groups in total. The summed E-state index contributed by atoms with van der Waals surface area (Å²) in [7, 11) is 0. The van der Waals surface area contributed by atoms with Gasteiger partial charge in [-0.05, 0) is 31.5 Å². The van der Waals surface area contributed by atoms with Crippen LogP contribution in [0.2, 0.25) is 0 Å². The summed E-state index contributed by atoms with van der Waals surface area (Å²) in [6.07, 6.45) is 4.97. The summed E-state index contributed by atoms with van der Waals surface area (Å²) in [6.45, 7) is 2.13. The molecule has 0 fully saturated rings. The van der Waals surface area contributed by atoms with E-state index in [0.717, 1.165) is 12.0 Å². The molecule has 2 unspecified atom stereocenters. The number of hydrogen-bond donors (Lipinski definition) is 3. The van der Waals surface area contributed by atoms with Crippen LogP contribution in [0.3, 0.4) is 0 Å². The molecule has 1 rings (SSSR count). The first kappa shape index (κ1) is 9.45. The summed E-state index contributed by atoms with van der Waals surface area (Å²) in [5, 5.41) is 18.9. The largest absolute Gasteiger partial charge is 0.386 e. The second kappa shape index (κ2) is 3.39. The van der Waals surface area contributed by atoms with Gasteiger partial charge in [-0.15, -0.1) is 0 Å². The van der Waals surface area contributed by atoms with Crippen LogP contribution in [0.5, 0.6) is 0 Å². The molecule has 1 aliphatic rings. The van der Waals surface area contributed by atoms with Gasteiger partial charge in [-0.3, -0.25) is 0 Å². The topological polar surface area (TPSA) is 66.5 Å². The molecule has 0 radical (unpaired) electrons. The molecule has 0 aromatic heterocycles. The average Bonchev–Trinajstić information content (AvgIpc) is 1.98. The smallest absolute Gasteiger partial charge is 0.110 e. The lowest BCUT2D eigenvalue weighted by molar-refractivity contribution is -0.00146. The number of allylic oxidation sites excluding steroid dienone is 1. The first-order chi connectivity index (χ1) is 5.56. The second-order valence-corrected chi connectivity index (χ2v) is 3.28. The first-order valence-electron chi connectivity index (χ1n) is 4.06. The third kappa shape index (κ3) is 1.94. The van der Waals surface area contributed by atoms with E-state index in [9.17, 15) is 10.2 Å². The molecule has 0 aromatic carbocycles. The second-order valence-electron chi connectivity index (χ2n) is 3.28. The van der Waals surface area contributed by atoms with E-state index < -0.39 is 11.7 Å². The fraction of sp³-hybridized carbons (Fsp3) is 0.556. The van der Waals surface area contributed by atoms with Crippen LogP contribution in [0.25, 0.3) is 0 Å². The molecule has 1 aliphatic carbocycles. The Morgan fingerprint density at radius 1 is 1.67 bits per heavy atom. The minimum absolute atomic E-state index is 0.561. The molecular weight excluding hydrogens is 154 g/mol. The van der Waals surface area contributed by atoms with E-state index in [1.165, 1.54) is 0 Å². The van der Waals surface area contributed by atoms with Gasteiger partial charge in [-0.1, -0.05) is 12.2 Å². The van der Waals surface area contributed by atoms with Crippen LogP contribution >= 0.6 is 0 Å². The molecule has 2 atom stereocenters. The van der Waals surface area contributed by atoms with Crippen molar-refractivity contribution in [3.8, 4) is 0 Å². The fourth-order valence-electron chi connectivity index (χ4n) is 1.13. The zero-order valence-corrected chi connectivity index (χ0v) is 7.20. The number of aliphatic hydroxyl groups is 2. The summed E-state index contributed by atoms with van der Waals surface area (Å²) in [6, 6.07) is 0. The lowest BCUT2D eigenvalue weighted by Crippen LogP contribution is -2.37. The maximum absolute atomic E-state index is 9.52. The SMILES string of the molecule is CC1(O)C=CC(CCN)=CC1O. The maximum atomic E-state index is 9.52. The standard InChI is InChI=1S/C9H15NO2/c1-9(12)4-2-7(3-5-10)6-8(9)11/h2,4,6,8,11-12H,3,5,10H2,1H3. The van der Waals surface area contributed by atoms with Crippen LogP contribution in [-0.4, -0.2) is 28.5 Å². The van der Waals surface area contributed by atoms with E-state index in [-0.39, 0.29) is 0 Å². The Hall–Kier alpha value is -0.640. The fourth-order valence-corrected chi connectivity index (χ4v) is 1.13. The number of nitrogens with two attached hydrogens (primary N) is 1. The molecule has 0 amide bonds. The predicted molar refractivity (Wildman–Crippen MR) is 47.5 cm³/mol. The van der Waals surface area contributed by atoms with E-state index in [4.69, 9.17) is 5.73 Å². The van der Waals surface area contributed by atoms with E-state index in [0.29, 0.717) is 6.54 Å². The third-order valence-electron chi connectivity index (χ3n) is 2.04. The summed E-state index contributed by atoms with van der Waals surface area (Å²) >= 11 is 0. The van der Waals surface area contributed by atoms with Gasteiger partial charge in [0.1, 0.15) is 11.7 Å². The molecule has 68 valence electrons. The van der Waals surface area contributed by atoms with Gasteiger partial charge in [0.25, 0.3) is 0 Å². The van der Waals surface area contributed by atoms with Gasteiger partial charge in [-0.2, -0.15) is 0 Å². The van der Waals surface area contributed by atoms with Gasteiger partial charge in [0.2, 0.25) is 0 Å². The van der Waals surface area contributed by atoms with E-state index in [1.807, 2.05) is 0 Å². The Labute approximate surface area is 72.2 Å². The number of aliphatic hydroxyl groups excluding tert-OH is 1. The molecule has 3 nitrogen and oxygen atoms in total. The Bertz CT molecular complexity index is 219. The molecule has 0 saturated heterocycles. The molecule has 0 aliphatic heterocycles. The van der Waals surface area contributed by atoms with Crippen molar-refractivity contribution in [3.63, 3.8) is 0 Å². The molecule has 0 saturated carbocycles. The maximum Gasteiger partial charge on any atom is 0.110 e. The molecule has 12 heavy (non-hydrogen) atoms. The van der Waals surface area contributed by atoms with Crippen molar-refractivity contribution < 1.29 is 10.2 Å². The van der Waals surface area contributed by atoms with Crippen molar-refractivity contribution >= 4 is 0 Å². The number of hydrogen-bond acceptors (Lipinski definition) is 3. The lowest BCUT2D eigenvalue weighted by atomic mass is 9.90. The quantitative estimate of drug-likeness (QED) is 0.542. The predicted octanol–water partition coefficient (Wildman–Crippen LogP) is -0.0567. The Morgan fingerprint density at radius 3 is 2.83 bits per heavy atom. The monoisotopic (exact) mass is 169 g/mol. The molecular formula is C9H15NO2. The third-order valence-corrected chi connectivity index (χ3v) is 2.04. The highest BCUT2D eigenvalue weighted by atomic mass is 16.3. The van der Waals surface area contributed by atoms with Crippen LogP contribution < -0.4 is 5.73 Å². The Kier molecular flexibility index (Phi) is 2.67. The summed E-state index contributed by atoms with van der Waals surface area (Å²) in [4.78, 5) is 0. The van der Waals surface area contributed by atoms with E-state index in [2.05, 4.69) is 0 Å². The highest BCUT2D eigenvalue weighted by molar-refractivity contribution is 5.30. The lowest BCUT2D eigenvalue weighted by Gasteiger charge is -2.27. The highest BCUT2D eigenvalue weighted by Crippen LogP contribution is 2.21. The van der Waals surface area contributed by atoms with Crippen molar-refractivity contribution in [1.82, 2.24) is 0 Å². The van der Waals surface area contributed by atoms with Crippen molar-refractivity contribution in [2.75, 3.05) is 6.54 Å². The Morgan fingerprint density at radius 2 is 2.33 bits per heavy atom. The van der Waals surface area contributed by atoms with Crippen molar-refractivity contribution in [3.05, 3.63) is 23.8 Å². The van der Waals surface area contributed by atoms with Gasteiger partial charge in [-0.25, -0.2) is 0 Å². The van der Waals surface area contributed by atoms with Crippen LogP contribution in [0, 0.1) is 0 Å². The minimum atomic E-state index is -1.13. The summed E-state index contributed by atoms with van der Waals surface area (Å²) in [5.74, 6) is 0. The normalized spacial score (nSPS) is 35.0. The van der Waals surface area contributed by atoms with Gasteiger partial charge in [0.05, 0.1) is 0 Å². The molecule has 0 bridgehead atoms. The zero-order chi connectivity index (χ0) is 9.19. The van der Waals surface area contributed by atoms with Crippen molar-refractivity contribution in [1.29, 1.82) is 0 Å². The van der Waals surface area contributed by atoms with Gasteiger partial charge in [0, 0.05) is 0 Å². The van der Waals surface area contributed by atoms with Crippen LogP contribution in [0.4, 0.5) is 0 Å². The van der Waals surface area contributed by atoms with Crippen LogP contribution in [-0.2, 0) is 0 Å². The molecule has 3 heteroatoms. The highest BCUT2D eigenvalue weighted by Gasteiger charge is 2.28. The zero-order valence-electron chi connectivity index (χ0n) is 7.20. The van der Waals surface area contributed by atoms with Crippen molar-refractivity contribution in [2.45, 2.75) is 25.0 Å². The molecule has 0 aromatic rings. The van der Waals surface area contributed by atoms with Gasteiger partial charge < -0.3 is 15.9 Å². The molecule has 0 spiro atoms. The first-order valence-corrected chi connectivity index (χ1v) is 4.06. The summed E-state index contributed by atoms with van der Waals surface area (Å²) < 4.78 is 0. The van der Waals surface area contributed by atoms with E-state index in [1.54, 1.807) is 25.2 Å². The minimum Gasteiger partial charge on any atom is -0.386 e. The van der Waals surface area contributed by atoms with Gasteiger partial charge >= 0.3 is 0 Å². The van der Waals surface area contributed by atoms with Crippen molar-refractivity contribution in [2.24, 2.45) is 5.73 Å². The molecule has 0 heterocycles. The van der Waals surface area contributed by atoms with Crippen LogP contribution in [0.1, 0.15) is 13.3 Å². The summed E-state index contributed by atoms with van der Waals surface area (Å²) in [5.41, 5.74) is 5.21. The van der Waals surface area contributed by atoms with E-state index >= 15 is 0 Å². The Balaban J connectivity index is 2.69. The average molecular weight is 169 g/mol.